The highest BCUT2D eigenvalue weighted by Gasteiger charge is 1.95. The van der Waals surface area contributed by atoms with Crippen LogP contribution < -0.4 is 0 Å². The highest BCUT2D eigenvalue weighted by molar-refractivity contribution is 5.86. The topological polar surface area (TPSA) is 52.6 Å². The van der Waals surface area contributed by atoms with Crippen molar-refractivity contribution in [3.63, 3.8) is 0 Å². The normalized spacial score (nSPS) is 6.75. The van der Waals surface area contributed by atoms with Crippen molar-refractivity contribution in [3.8, 4) is 0 Å². The zero-order chi connectivity index (χ0) is 13.6. The van der Waals surface area contributed by atoms with Gasteiger partial charge < -0.3 is 9.47 Å². The van der Waals surface area contributed by atoms with Gasteiger partial charge in [0.1, 0.15) is 0 Å². The maximum Gasteiger partial charge on any atom is 0.332 e. The lowest BCUT2D eigenvalue weighted by Crippen LogP contribution is -1.98. The van der Waals surface area contributed by atoms with E-state index in [-0.39, 0.29) is 5.97 Å². The Labute approximate surface area is 97.2 Å². The predicted octanol–water partition coefficient (Wildman–Crippen LogP) is 2.27. The average Bonchev–Trinajstić information content (AvgIpc) is 2.28. The molecule has 0 spiro atoms. The molecular formula is C12H20O4. The molecule has 4 nitrogen and oxygen atoms in total. The molecule has 0 heterocycles. The Kier molecular flexibility index (Phi) is 19.2. The predicted molar refractivity (Wildman–Crippen MR) is 64.9 cm³/mol. The van der Waals surface area contributed by atoms with E-state index >= 15 is 0 Å². The van der Waals surface area contributed by atoms with Crippen LogP contribution in [0.4, 0.5) is 0 Å². The van der Waals surface area contributed by atoms with Crippen molar-refractivity contribution in [2.24, 2.45) is 0 Å². The maximum atomic E-state index is 10.2. The molecule has 0 saturated carbocycles. The second-order valence-electron chi connectivity index (χ2n) is 2.41. The van der Waals surface area contributed by atoms with Crippen LogP contribution in [0.25, 0.3) is 0 Å². The molecular weight excluding hydrogens is 208 g/mol. The Morgan fingerprint density at radius 1 is 1.12 bits per heavy atom. The van der Waals surface area contributed by atoms with Gasteiger partial charge in [0, 0.05) is 11.6 Å². The van der Waals surface area contributed by atoms with Crippen LogP contribution in [0.3, 0.4) is 0 Å². The molecule has 0 radical (unpaired) electrons. The first-order chi connectivity index (χ1) is 7.40. The summed E-state index contributed by atoms with van der Waals surface area (Å²) in [5, 5.41) is 0. The molecule has 4 heteroatoms. The van der Waals surface area contributed by atoms with E-state index < -0.39 is 5.97 Å². The molecule has 0 N–H and O–H groups in total. The molecule has 0 aromatic carbocycles. The van der Waals surface area contributed by atoms with Gasteiger partial charge >= 0.3 is 11.9 Å². The summed E-state index contributed by atoms with van der Waals surface area (Å²) in [6, 6.07) is 0. The van der Waals surface area contributed by atoms with E-state index in [1.807, 2.05) is 6.92 Å². The Balaban J connectivity index is -0.000000172. The van der Waals surface area contributed by atoms with Crippen LogP contribution in [0.2, 0.25) is 0 Å². The van der Waals surface area contributed by atoms with E-state index in [0.29, 0.717) is 5.57 Å². The number of rotatable bonds is 2. The van der Waals surface area contributed by atoms with Gasteiger partial charge in [0.2, 0.25) is 0 Å². The molecule has 92 valence electrons. The molecule has 0 rings (SSSR count). The second-order valence-corrected chi connectivity index (χ2v) is 2.41. The van der Waals surface area contributed by atoms with Gasteiger partial charge in [0.15, 0.2) is 0 Å². The molecule has 0 aromatic heterocycles. The highest BCUT2D eigenvalue weighted by Crippen LogP contribution is 1.87. The SMILES string of the molecule is C=C(C)C(=O)OC.C=CC.C=CC(=O)OC. The standard InChI is InChI=1S/C5H8O2.C4H6O2.C3H6/c1-4(2)5(6)7-3;1-3-4(5)6-2;1-3-2/h1H2,2-3H3;3H,1H2,2H3;3H,1H2,2H3. The average molecular weight is 228 g/mol. The van der Waals surface area contributed by atoms with Crippen LogP contribution in [0.15, 0.2) is 37.5 Å². The third kappa shape index (κ3) is 22.7. The van der Waals surface area contributed by atoms with Crippen molar-refractivity contribution < 1.29 is 19.1 Å². The number of carbonyl (C=O) groups is 2. The Morgan fingerprint density at radius 2 is 1.50 bits per heavy atom. The quantitative estimate of drug-likeness (QED) is 0.413. The van der Waals surface area contributed by atoms with Crippen LogP contribution in [-0.2, 0) is 19.1 Å². The molecule has 0 fully saturated rings. The van der Waals surface area contributed by atoms with Crippen LogP contribution in [0.1, 0.15) is 13.8 Å². The fourth-order valence-electron chi connectivity index (χ4n) is 0.258. The van der Waals surface area contributed by atoms with Crippen molar-refractivity contribution in [2.75, 3.05) is 14.2 Å². The molecule has 0 amide bonds. The number of allylic oxidation sites excluding steroid dienone is 1. The summed E-state index contributed by atoms with van der Waals surface area (Å²) < 4.78 is 8.42. The lowest BCUT2D eigenvalue weighted by atomic mass is 10.4. The first-order valence-electron chi connectivity index (χ1n) is 4.42. The summed E-state index contributed by atoms with van der Waals surface area (Å²) in [6.07, 6.45) is 2.86. The Hall–Kier alpha value is -1.84. The summed E-state index contributed by atoms with van der Waals surface area (Å²) in [7, 11) is 2.64. The number of esters is 2. The first-order valence-corrected chi connectivity index (χ1v) is 4.42. The van der Waals surface area contributed by atoms with E-state index in [2.05, 4.69) is 29.2 Å². The first kappa shape index (κ1) is 19.7. The molecule has 0 aliphatic heterocycles. The lowest BCUT2D eigenvalue weighted by molar-refractivity contribution is -0.136. The van der Waals surface area contributed by atoms with Gasteiger partial charge in [-0.15, -0.1) is 6.58 Å². The van der Waals surface area contributed by atoms with Crippen molar-refractivity contribution in [1.29, 1.82) is 0 Å². The molecule has 0 bridgehead atoms. The Morgan fingerprint density at radius 3 is 1.50 bits per heavy atom. The Bertz CT molecular complexity index is 241. The second kappa shape index (κ2) is 15.6. The van der Waals surface area contributed by atoms with Gasteiger partial charge in [-0.05, 0) is 13.8 Å². The summed E-state index contributed by atoms with van der Waals surface area (Å²) in [6.45, 7) is 13.4. The molecule has 0 aliphatic rings. The number of methoxy groups -OCH3 is 2. The van der Waals surface area contributed by atoms with Crippen molar-refractivity contribution in [2.45, 2.75) is 13.8 Å². The number of hydrogen-bond acceptors (Lipinski definition) is 4. The number of ether oxygens (including phenoxy) is 2. The third-order valence-corrected chi connectivity index (χ3v) is 0.902. The van der Waals surface area contributed by atoms with Gasteiger partial charge in [-0.25, -0.2) is 9.59 Å². The summed E-state index contributed by atoms with van der Waals surface area (Å²) >= 11 is 0. The minimum absolute atomic E-state index is 0.347. The zero-order valence-corrected chi connectivity index (χ0v) is 10.4. The van der Waals surface area contributed by atoms with E-state index in [4.69, 9.17) is 0 Å². The number of carbonyl (C=O) groups excluding carboxylic acids is 2. The van der Waals surface area contributed by atoms with Gasteiger partial charge in [0.25, 0.3) is 0 Å². The molecule has 0 saturated heterocycles. The third-order valence-electron chi connectivity index (χ3n) is 0.902. The zero-order valence-electron chi connectivity index (χ0n) is 10.4. The summed E-state index contributed by atoms with van der Waals surface area (Å²) in [5.74, 6) is -0.741. The van der Waals surface area contributed by atoms with Gasteiger partial charge in [-0.3, -0.25) is 0 Å². The molecule has 0 unspecified atom stereocenters. The summed E-state index contributed by atoms with van der Waals surface area (Å²) in [4.78, 5) is 20.0. The molecule has 0 atom stereocenters. The van der Waals surface area contributed by atoms with E-state index in [1.165, 1.54) is 14.2 Å². The fraction of sp³-hybridized carbons (Fsp3) is 0.333. The van der Waals surface area contributed by atoms with Crippen LogP contribution in [0, 0.1) is 0 Å². The van der Waals surface area contributed by atoms with Gasteiger partial charge in [0.05, 0.1) is 14.2 Å². The fourth-order valence-corrected chi connectivity index (χ4v) is 0.258. The van der Waals surface area contributed by atoms with Crippen LogP contribution in [0.5, 0.6) is 0 Å². The monoisotopic (exact) mass is 228 g/mol. The molecule has 0 aromatic rings. The molecule has 16 heavy (non-hydrogen) atoms. The van der Waals surface area contributed by atoms with E-state index in [0.717, 1.165) is 6.08 Å². The van der Waals surface area contributed by atoms with Crippen molar-refractivity contribution >= 4 is 11.9 Å². The number of hydrogen-bond donors (Lipinski definition) is 0. The van der Waals surface area contributed by atoms with E-state index in [9.17, 15) is 9.59 Å². The lowest BCUT2D eigenvalue weighted by Gasteiger charge is -1.91. The van der Waals surface area contributed by atoms with E-state index in [1.54, 1.807) is 13.0 Å². The van der Waals surface area contributed by atoms with Crippen molar-refractivity contribution in [3.05, 3.63) is 37.5 Å². The minimum atomic E-state index is -0.394. The minimum Gasteiger partial charge on any atom is -0.466 e. The van der Waals surface area contributed by atoms with Crippen LogP contribution in [-0.4, -0.2) is 26.2 Å². The van der Waals surface area contributed by atoms with Crippen molar-refractivity contribution in [1.82, 2.24) is 0 Å². The maximum absolute atomic E-state index is 10.2. The molecule has 0 aliphatic carbocycles. The van der Waals surface area contributed by atoms with Gasteiger partial charge in [-0.2, -0.15) is 0 Å². The smallest absolute Gasteiger partial charge is 0.332 e. The largest absolute Gasteiger partial charge is 0.466 e. The van der Waals surface area contributed by atoms with Gasteiger partial charge in [-0.1, -0.05) is 19.2 Å². The highest BCUT2D eigenvalue weighted by atomic mass is 16.5. The summed E-state index contributed by atoms with van der Waals surface area (Å²) in [5.41, 5.74) is 0.433. The van der Waals surface area contributed by atoms with Crippen LogP contribution >= 0.6 is 0 Å².